The van der Waals surface area contributed by atoms with Crippen molar-refractivity contribution >= 4 is 11.9 Å². The number of carboxylic acid groups (broad SMARTS) is 1. The van der Waals surface area contributed by atoms with Crippen LogP contribution in [0, 0.1) is 0 Å². The minimum atomic E-state index is -5.07. The van der Waals surface area contributed by atoms with E-state index in [1.807, 2.05) is 0 Å². The van der Waals surface area contributed by atoms with Crippen LogP contribution in [-0.2, 0) is 14.3 Å². The molecule has 0 aromatic carbocycles. The highest BCUT2D eigenvalue weighted by Crippen LogP contribution is 2.25. The number of carboxylic acids is 1. The number of carbonyl (C=O) groups is 2. The Bertz CT molecular complexity index is 318. The van der Waals surface area contributed by atoms with Crippen molar-refractivity contribution in [2.75, 3.05) is 13.2 Å². The summed E-state index contributed by atoms with van der Waals surface area (Å²) in [5.41, 5.74) is 0. The van der Waals surface area contributed by atoms with E-state index in [0.29, 0.717) is 4.90 Å². The minimum Gasteiger partial charge on any atom is -0.480 e. The van der Waals surface area contributed by atoms with E-state index in [9.17, 15) is 22.8 Å². The van der Waals surface area contributed by atoms with E-state index >= 15 is 0 Å². The summed E-state index contributed by atoms with van der Waals surface area (Å²) < 4.78 is 42.0. The van der Waals surface area contributed by atoms with Gasteiger partial charge in [-0.05, 0) is 6.42 Å². The van der Waals surface area contributed by atoms with Crippen LogP contribution in [0.3, 0.4) is 0 Å². The van der Waals surface area contributed by atoms with Crippen molar-refractivity contribution in [2.45, 2.75) is 31.6 Å². The zero-order chi connectivity index (χ0) is 13.2. The predicted molar refractivity (Wildman–Crippen MR) is 49.2 cm³/mol. The van der Waals surface area contributed by atoms with Crippen LogP contribution in [0.1, 0.15) is 13.3 Å². The SMILES string of the molecule is CC[C@H]1COC[C@@H](C(=O)O)N1C(=O)C(F)(F)F. The number of hydrogen-bond acceptors (Lipinski definition) is 3. The molecular formula is C9H12F3NO4. The third-order valence-corrected chi connectivity index (χ3v) is 2.55. The molecule has 0 spiro atoms. The fraction of sp³-hybridized carbons (Fsp3) is 0.778. The van der Waals surface area contributed by atoms with Crippen LogP contribution in [0.15, 0.2) is 0 Å². The van der Waals surface area contributed by atoms with E-state index in [2.05, 4.69) is 0 Å². The van der Waals surface area contributed by atoms with Crippen molar-refractivity contribution in [1.82, 2.24) is 4.90 Å². The largest absolute Gasteiger partial charge is 0.480 e. The summed E-state index contributed by atoms with van der Waals surface area (Å²) in [7, 11) is 0. The highest BCUT2D eigenvalue weighted by atomic mass is 19.4. The number of nitrogens with zero attached hydrogens (tertiary/aromatic N) is 1. The quantitative estimate of drug-likeness (QED) is 0.786. The average molecular weight is 255 g/mol. The average Bonchev–Trinajstić information content (AvgIpc) is 2.25. The maximum atomic E-state index is 12.4. The number of rotatable bonds is 2. The molecule has 1 aliphatic heterocycles. The Hall–Kier alpha value is -1.31. The molecule has 98 valence electrons. The molecule has 5 nitrogen and oxygen atoms in total. The molecule has 1 rings (SSSR count). The van der Waals surface area contributed by atoms with Gasteiger partial charge in [0.25, 0.3) is 0 Å². The molecule has 0 saturated carbocycles. The lowest BCUT2D eigenvalue weighted by molar-refractivity contribution is -0.200. The second kappa shape index (κ2) is 4.91. The molecule has 0 unspecified atom stereocenters. The van der Waals surface area contributed by atoms with Gasteiger partial charge >= 0.3 is 18.1 Å². The van der Waals surface area contributed by atoms with Crippen molar-refractivity contribution in [3.8, 4) is 0 Å². The Kier molecular flexibility index (Phi) is 3.97. The Morgan fingerprint density at radius 2 is 2.00 bits per heavy atom. The molecule has 0 bridgehead atoms. The van der Waals surface area contributed by atoms with Crippen molar-refractivity contribution in [3.05, 3.63) is 0 Å². The second-order valence-electron chi connectivity index (χ2n) is 3.66. The van der Waals surface area contributed by atoms with Gasteiger partial charge in [0, 0.05) is 0 Å². The maximum absolute atomic E-state index is 12.4. The van der Waals surface area contributed by atoms with Gasteiger partial charge in [-0.1, -0.05) is 6.92 Å². The first kappa shape index (κ1) is 13.8. The molecule has 0 radical (unpaired) electrons. The number of aliphatic carboxylic acids is 1. The molecule has 1 N–H and O–H groups in total. The molecule has 1 saturated heterocycles. The molecule has 1 heterocycles. The fourth-order valence-electron chi connectivity index (χ4n) is 1.69. The van der Waals surface area contributed by atoms with Crippen LogP contribution in [0.25, 0.3) is 0 Å². The molecule has 0 aromatic rings. The van der Waals surface area contributed by atoms with Gasteiger partial charge in [-0.2, -0.15) is 13.2 Å². The molecular weight excluding hydrogens is 243 g/mol. The minimum absolute atomic E-state index is 0.0813. The second-order valence-corrected chi connectivity index (χ2v) is 3.66. The number of carbonyl (C=O) groups excluding carboxylic acids is 1. The van der Waals surface area contributed by atoms with Gasteiger partial charge in [0.1, 0.15) is 0 Å². The molecule has 0 aliphatic carbocycles. The molecule has 1 fully saturated rings. The molecule has 8 heteroatoms. The number of alkyl halides is 3. The summed E-state index contributed by atoms with van der Waals surface area (Å²) >= 11 is 0. The Morgan fingerprint density at radius 3 is 2.41 bits per heavy atom. The van der Waals surface area contributed by atoms with Crippen LogP contribution in [0.5, 0.6) is 0 Å². The van der Waals surface area contributed by atoms with Gasteiger partial charge in [-0.25, -0.2) is 4.79 Å². The summed E-state index contributed by atoms with van der Waals surface area (Å²) in [5, 5.41) is 8.80. The molecule has 2 atom stereocenters. The maximum Gasteiger partial charge on any atom is 0.471 e. The number of morpholine rings is 1. The summed E-state index contributed by atoms with van der Waals surface area (Å²) in [6.45, 7) is 1.06. The van der Waals surface area contributed by atoms with Gasteiger partial charge in [-0.3, -0.25) is 4.79 Å². The highest BCUT2D eigenvalue weighted by molar-refractivity contribution is 5.87. The fourth-order valence-corrected chi connectivity index (χ4v) is 1.69. The standard InChI is InChI=1S/C9H12F3NO4/c1-2-5-3-17-4-6(7(14)15)13(5)8(16)9(10,11)12/h5-6H,2-4H2,1H3,(H,14,15)/t5-,6-/m0/s1. The van der Waals surface area contributed by atoms with Crippen LogP contribution >= 0.6 is 0 Å². The molecule has 17 heavy (non-hydrogen) atoms. The number of amides is 1. The molecule has 0 aromatic heterocycles. The lowest BCUT2D eigenvalue weighted by Gasteiger charge is -2.39. The third kappa shape index (κ3) is 2.87. The first-order valence-corrected chi connectivity index (χ1v) is 4.99. The molecule has 1 aliphatic rings. The number of ether oxygens (including phenoxy) is 1. The Morgan fingerprint density at radius 1 is 1.41 bits per heavy atom. The normalized spacial score (nSPS) is 25.8. The summed E-state index contributed by atoms with van der Waals surface area (Å²) in [5.74, 6) is -3.62. The van der Waals surface area contributed by atoms with Gasteiger partial charge in [0.05, 0.1) is 19.3 Å². The summed E-state index contributed by atoms with van der Waals surface area (Å²) in [6, 6.07) is -2.44. The lowest BCUT2D eigenvalue weighted by atomic mass is 10.1. The monoisotopic (exact) mass is 255 g/mol. The van der Waals surface area contributed by atoms with Crippen LogP contribution in [0.4, 0.5) is 13.2 Å². The Balaban J connectivity index is 3.00. The first-order chi connectivity index (χ1) is 7.79. The summed E-state index contributed by atoms with van der Waals surface area (Å²) in [6.07, 6.45) is -4.87. The van der Waals surface area contributed by atoms with Crippen molar-refractivity contribution in [3.63, 3.8) is 0 Å². The van der Waals surface area contributed by atoms with Crippen molar-refractivity contribution in [2.24, 2.45) is 0 Å². The van der Waals surface area contributed by atoms with Gasteiger partial charge in [-0.15, -0.1) is 0 Å². The van der Waals surface area contributed by atoms with E-state index in [1.54, 1.807) is 6.92 Å². The van der Waals surface area contributed by atoms with Crippen LogP contribution in [-0.4, -0.2) is 53.4 Å². The van der Waals surface area contributed by atoms with E-state index in [1.165, 1.54) is 0 Å². The molecule has 1 amide bonds. The van der Waals surface area contributed by atoms with Crippen molar-refractivity contribution in [1.29, 1.82) is 0 Å². The summed E-state index contributed by atoms with van der Waals surface area (Å²) in [4.78, 5) is 22.4. The third-order valence-electron chi connectivity index (χ3n) is 2.55. The Labute approximate surface area is 95.1 Å². The van der Waals surface area contributed by atoms with Crippen LogP contribution < -0.4 is 0 Å². The van der Waals surface area contributed by atoms with E-state index in [-0.39, 0.29) is 13.0 Å². The zero-order valence-electron chi connectivity index (χ0n) is 9.03. The number of hydrogen-bond donors (Lipinski definition) is 1. The topological polar surface area (TPSA) is 66.8 Å². The zero-order valence-corrected chi connectivity index (χ0v) is 9.03. The van der Waals surface area contributed by atoms with Gasteiger partial charge < -0.3 is 14.7 Å². The van der Waals surface area contributed by atoms with Crippen LogP contribution in [0.2, 0.25) is 0 Å². The van der Waals surface area contributed by atoms with E-state index in [0.717, 1.165) is 0 Å². The van der Waals surface area contributed by atoms with E-state index < -0.39 is 36.7 Å². The van der Waals surface area contributed by atoms with E-state index in [4.69, 9.17) is 9.84 Å². The lowest BCUT2D eigenvalue weighted by Crippen LogP contribution is -2.60. The highest BCUT2D eigenvalue weighted by Gasteiger charge is 2.49. The number of halogens is 3. The van der Waals surface area contributed by atoms with Gasteiger partial charge in [0.2, 0.25) is 0 Å². The van der Waals surface area contributed by atoms with Crippen molar-refractivity contribution < 1.29 is 32.6 Å². The smallest absolute Gasteiger partial charge is 0.471 e. The first-order valence-electron chi connectivity index (χ1n) is 4.99. The van der Waals surface area contributed by atoms with Gasteiger partial charge in [0.15, 0.2) is 6.04 Å². The predicted octanol–water partition coefficient (Wildman–Crippen LogP) is 0.639.